The maximum atomic E-state index is 10.4. The van der Waals surface area contributed by atoms with E-state index in [-0.39, 0.29) is 0 Å². The summed E-state index contributed by atoms with van der Waals surface area (Å²) in [4.78, 5) is 6.86. The number of furan rings is 1. The SMILES string of the molecule is CCc1nc(CN(Cc2ccccc2)CC(O)c2ccco2)cs1. The number of thiazole rings is 1. The third-order valence-electron chi connectivity index (χ3n) is 3.84. The minimum Gasteiger partial charge on any atom is -0.467 e. The van der Waals surface area contributed by atoms with Crippen molar-refractivity contribution in [2.75, 3.05) is 6.54 Å². The molecule has 0 aliphatic carbocycles. The van der Waals surface area contributed by atoms with Crippen molar-refractivity contribution >= 4 is 11.3 Å². The molecule has 2 aromatic heterocycles. The first-order chi connectivity index (χ1) is 11.7. The molecule has 0 spiro atoms. The average molecular weight is 342 g/mol. The van der Waals surface area contributed by atoms with Crippen LogP contribution >= 0.6 is 11.3 Å². The topological polar surface area (TPSA) is 49.5 Å². The summed E-state index contributed by atoms with van der Waals surface area (Å²) < 4.78 is 5.33. The third-order valence-corrected chi connectivity index (χ3v) is 4.88. The van der Waals surface area contributed by atoms with Crippen LogP contribution in [-0.4, -0.2) is 21.5 Å². The number of nitrogens with zero attached hydrogens (tertiary/aromatic N) is 2. The molecule has 24 heavy (non-hydrogen) atoms. The normalized spacial score (nSPS) is 12.6. The number of hydrogen-bond acceptors (Lipinski definition) is 5. The summed E-state index contributed by atoms with van der Waals surface area (Å²) in [5.74, 6) is 0.598. The largest absolute Gasteiger partial charge is 0.467 e. The Hall–Kier alpha value is -1.95. The molecule has 3 aromatic rings. The number of aromatic nitrogens is 1. The Morgan fingerprint density at radius 2 is 2.00 bits per heavy atom. The molecule has 0 saturated heterocycles. The van der Waals surface area contributed by atoms with Gasteiger partial charge in [-0.2, -0.15) is 0 Å². The van der Waals surface area contributed by atoms with E-state index >= 15 is 0 Å². The van der Waals surface area contributed by atoms with E-state index in [1.165, 1.54) is 5.56 Å². The average Bonchev–Trinajstić information content (AvgIpc) is 3.27. The van der Waals surface area contributed by atoms with E-state index < -0.39 is 6.10 Å². The van der Waals surface area contributed by atoms with Crippen LogP contribution in [0.2, 0.25) is 0 Å². The Kier molecular flexibility index (Phi) is 5.80. The maximum Gasteiger partial charge on any atom is 0.133 e. The van der Waals surface area contributed by atoms with Gasteiger partial charge in [0.1, 0.15) is 11.9 Å². The molecule has 0 aliphatic heterocycles. The van der Waals surface area contributed by atoms with Gasteiger partial charge in [0.25, 0.3) is 0 Å². The van der Waals surface area contributed by atoms with Crippen molar-refractivity contribution in [1.82, 2.24) is 9.88 Å². The summed E-state index contributed by atoms with van der Waals surface area (Å²) in [6.07, 6.45) is 1.90. The Morgan fingerprint density at radius 3 is 2.67 bits per heavy atom. The number of aliphatic hydroxyl groups excluding tert-OH is 1. The van der Waals surface area contributed by atoms with Gasteiger partial charge < -0.3 is 9.52 Å². The van der Waals surface area contributed by atoms with Gasteiger partial charge >= 0.3 is 0 Å². The van der Waals surface area contributed by atoms with Crippen LogP contribution in [0.5, 0.6) is 0 Å². The molecule has 1 atom stereocenters. The van der Waals surface area contributed by atoms with Crippen LogP contribution in [0.1, 0.15) is 35.1 Å². The molecule has 2 heterocycles. The summed E-state index contributed by atoms with van der Waals surface area (Å²) in [6.45, 7) is 4.09. The van der Waals surface area contributed by atoms with Crippen LogP contribution in [0.25, 0.3) is 0 Å². The lowest BCUT2D eigenvalue weighted by Gasteiger charge is -2.23. The van der Waals surface area contributed by atoms with Crippen LogP contribution in [0.4, 0.5) is 0 Å². The number of rotatable bonds is 8. The summed E-state index contributed by atoms with van der Waals surface area (Å²) >= 11 is 1.70. The number of benzene rings is 1. The minimum atomic E-state index is -0.645. The molecule has 126 valence electrons. The van der Waals surface area contributed by atoms with Crippen molar-refractivity contribution < 1.29 is 9.52 Å². The van der Waals surface area contributed by atoms with E-state index in [0.717, 1.165) is 23.7 Å². The third kappa shape index (κ3) is 4.54. The lowest BCUT2D eigenvalue weighted by Crippen LogP contribution is -2.28. The van der Waals surface area contributed by atoms with Gasteiger partial charge in [-0.05, 0) is 24.1 Å². The lowest BCUT2D eigenvalue weighted by molar-refractivity contribution is 0.0867. The first kappa shape index (κ1) is 16.9. The summed E-state index contributed by atoms with van der Waals surface area (Å²) in [6, 6.07) is 13.9. The van der Waals surface area contributed by atoms with Crippen molar-refractivity contribution in [2.24, 2.45) is 0 Å². The standard InChI is InChI=1S/C19H22N2O2S/c1-2-19-20-16(14-24-19)12-21(11-15-7-4-3-5-8-15)13-17(22)18-9-6-10-23-18/h3-10,14,17,22H,2,11-13H2,1H3. The molecule has 5 heteroatoms. The van der Waals surface area contributed by atoms with Gasteiger partial charge in [0.15, 0.2) is 0 Å². The molecule has 1 aromatic carbocycles. The van der Waals surface area contributed by atoms with Gasteiger partial charge in [-0.25, -0.2) is 4.98 Å². The van der Waals surface area contributed by atoms with Gasteiger partial charge in [0, 0.05) is 25.0 Å². The Labute approximate surface area is 146 Å². The lowest BCUT2D eigenvalue weighted by atomic mass is 10.2. The number of aryl methyl sites for hydroxylation is 1. The Bertz CT molecular complexity index is 725. The molecule has 0 aliphatic rings. The van der Waals surface area contributed by atoms with Crippen molar-refractivity contribution in [3.05, 3.63) is 76.1 Å². The predicted octanol–water partition coefficient (Wildman–Crippen LogP) is 4.03. The second-order valence-electron chi connectivity index (χ2n) is 5.77. The van der Waals surface area contributed by atoms with E-state index in [4.69, 9.17) is 4.42 Å². The zero-order valence-corrected chi connectivity index (χ0v) is 14.6. The van der Waals surface area contributed by atoms with E-state index in [1.54, 1.807) is 23.7 Å². The molecule has 3 rings (SSSR count). The molecule has 1 N–H and O–H groups in total. The molecule has 0 radical (unpaired) electrons. The molecule has 0 fully saturated rings. The Balaban J connectivity index is 1.72. The van der Waals surface area contributed by atoms with Gasteiger partial charge in [-0.3, -0.25) is 4.90 Å². The van der Waals surface area contributed by atoms with Gasteiger partial charge in [-0.15, -0.1) is 11.3 Å². The molecular formula is C19H22N2O2S. The van der Waals surface area contributed by atoms with Crippen molar-refractivity contribution in [3.8, 4) is 0 Å². The fourth-order valence-corrected chi connectivity index (χ4v) is 3.39. The molecule has 4 nitrogen and oxygen atoms in total. The molecular weight excluding hydrogens is 320 g/mol. The highest BCUT2D eigenvalue weighted by Crippen LogP contribution is 2.19. The van der Waals surface area contributed by atoms with Crippen LogP contribution in [0, 0.1) is 0 Å². The van der Waals surface area contributed by atoms with Gasteiger partial charge in [0.05, 0.1) is 17.0 Å². The van der Waals surface area contributed by atoms with E-state index in [9.17, 15) is 5.11 Å². The molecule has 1 unspecified atom stereocenters. The maximum absolute atomic E-state index is 10.4. The van der Waals surface area contributed by atoms with Gasteiger partial charge in [0.2, 0.25) is 0 Å². The first-order valence-corrected chi connectivity index (χ1v) is 9.03. The zero-order valence-electron chi connectivity index (χ0n) is 13.8. The highest BCUT2D eigenvalue weighted by molar-refractivity contribution is 7.09. The zero-order chi connectivity index (χ0) is 16.8. The fraction of sp³-hybridized carbons (Fsp3) is 0.316. The number of hydrogen-bond donors (Lipinski definition) is 1. The van der Waals surface area contributed by atoms with Crippen LogP contribution < -0.4 is 0 Å². The van der Waals surface area contributed by atoms with E-state index in [2.05, 4.69) is 34.3 Å². The Morgan fingerprint density at radius 1 is 1.17 bits per heavy atom. The van der Waals surface area contributed by atoms with Gasteiger partial charge in [-0.1, -0.05) is 37.3 Å². The second kappa shape index (κ2) is 8.24. The van der Waals surface area contributed by atoms with Crippen LogP contribution in [-0.2, 0) is 19.5 Å². The van der Waals surface area contributed by atoms with Crippen molar-refractivity contribution in [2.45, 2.75) is 32.5 Å². The fourth-order valence-electron chi connectivity index (χ4n) is 2.66. The van der Waals surface area contributed by atoms with Crippen LogP contribution in [0.3, 0.4) is 0 Å². The quantitative estimate of drug-likeness (QED) is 0.671. The smallest absolute Gasteiger partial charge is 0.133 e. The monoisotopic (exact) mass is 342 g/mol. The van der Waals surface area contributed by atoms with E-state index in [1.807, 2.05) is 24.3 Å². The summed E-state index contributed by atoms with van der Waals surface area (Å²) in [5.41, 5.74) is 2.27. The van der Waals surface area contributed by atoms with Crippen LogP contribution in [0.15, 0.2) is 58.5 Å². The highest BCUT2D eigenvalue weighted by atomic mass is 32.1. The second-order valence-corrected chi connectivity index (χ2v) is 6.72. The predicted molar refractivity (Wildman–Crippen MR) is 95.7 cm³/mol. The van der Waals surface area contributed by atoms with Crippen molar-refractivity contribution in [1.29, 1.82) is 0 Å². The summed E-state index contributed by atoms with van der Waals surface area (Å²) in [5, 5.41) is 13.7. The molecule has 0 saturated carbocycles. The van der Waals surface area contributed by atoms with Crippen molar-refractivity contribution in [3.63, 3.8) is 0 Å². The molecule has 0 amide bonds. The summed E-state index contributed by atoms with van der Waals surface area (Å²) in [7, 11) is 0. The molecule has 0 bridgehead atoms. The highest BCUT2D eigenvalue weighted by Gasteiger charge is 2.17. The number of aliphatic hydroxyl groups is 1. The minimum absolute atomic E-state index is 0.501. The van der Waals surface area contributed by atoms with E-state index in [0.29, 0.717) is 18.8 Å². The first-order valence-electron chi connectivity index (χ1n) is 8.15.